The van der Waals surface area contributed by atoms with E-state index in [1.165, 1.54) is 0 Å². The molecular formula is C14H15N5S. The zero-order valence-electron chi connectivity index (χ0n) is 11.0. The standard InChI is InChI=1S/C14H15N5S/c15-10-11-9-12(1-2-13(11)16)18-4-6-19(7-5-18)14-17-3-8-20-14/h1-3,8-9H,4-7,16H2. The van der Waals surface area contributed by atoms with Gasteiger partial charge in [-0.05, 0) is 18.2 Å². The third-order valence-corrected chi connectivity index (χ3v) is 4.32. The number of nitrogen functional groups attached to an aromatic ring is 1. The molecule has 20 heavy (non-hydrogen) atoms. The van der Waals surface area contributed by atoms with Gasteiger partial charge >= 0.3 is 0 Å². The summed E-state index contributed by atoms with van der Waals surface area (Å²) in [7, 11) is 0. The van der Waals surface area contributed by atoms with Crippen molar-refractivity contribution in [3.63, 3.8) is 0 Å². The number of hydrogen-bond acceptors (Lipinski definition) is 6. The average Bonchev–Trinajstić information content (AvgIpc) is 3.02. The Morgan fingerprint density at radius 1 is 1.20 bits per heavy atom. The van der Waals surface area contributed by atoms with E-state index in [1.807, 2.05) is 23.7 Å². The number of nitrogens with zero attached hydrogens (tertiary/aromatic N) is 4. The number of nitrogens with two attached hydrogens (primary N) is 1. The molecule has 1 fully saturated rings. The van der Waals surface area contributed by atoms with Crippen LogP contribution in [0.4, 0.5) is 16.5 Å². The molecule has 0 spiro atoms. The zero-order valence-corrected chi connectivity index (χ0v) is 11.8. The molecule has 0 bridgehead atoms. The second kappa shape index (κ2) is 5.39. The summed E-state index contributed by atoms with van der Waals surface area (Å²) in [6.07, 6.45) is 1.84. The molecule has 1 aromatic carbocycles. The number of piperazine rings is 1. The number of rotatable bonds is 2. The molecular weight excluding hydrogens is 270 g/mol. The number of anilines is 3. The van der Waals surface area contributed by atoms with Crippen LogP contribution in [0.5, 0.6) is 0 Å². The van der Waals surface area contributed by atoms with Crippen molar-refractivity contribution in [3.8, 4) is 6.07 Å². The minimum absolute atomic E-state index is 0.540. The van der Waals surface area contributed by atoms with Gasteiger partial charge < -0.3 is 15.5 Å². The summed E-state index contributed by atoms with van der Waals surface area (Å²) < 4.78 is 0. The first-order valence-corrected chi connectivity index (χ1v) is 7.35. The van der Waals surface area contributed by atoms with E-state index in [0.717, 1.165) is 37.0 Å². The summed E-state index contributed by atoms with van der Waals surface area (Å²) in [5.41, 5.74) is 7.91. The van der Waals surface area contributed by atoms with Gasteiger partial charge in [-0.1, -0.05) is 0 Å². The summed E-state index contributed by atoms with van der Waals surface area (Å²) in [5.74, 6) is 0. The summed E-state index contributed by atoms with van der Waals surface area (Å²) in [6.45, 7) is 3.74. The van der Waals surface area contributed by atoms with Gasteiger partial charge in [-0.15, -0.1) is 11.3 Å². The van der Waals surface area contributed by atoms with E-state index >= 15 is 0 Å². The molecule has 6 heteroatoms. The lowest BCUT2D eigenvalue weighted by molar-refractivity contribution is 0.652. The van der Waals surface area contributed by atoms with Crippen LogP contribution in [0, 0.1) is 11.3 Å². The molecule has 0 radical (unpaired) electrons. The largest absolute Gasteiger partial charge is 0.398 e. The first-order valence-electron chi connectivity index (χ1n) is 6.47. The van der Waals surface area contributed by atoms with E-state index in [9.17, 15) is 0 Å². The quantitative estimate of drug-likeness (QED) is 0.854. The lowest BCUT2D eigenvalue weighted by Crippen LogP contribution is -2.46. The molecule has 0 amide bonds. The zero-order chi connectivity index (χ0) is 13.9. The third kappa shape index (κ3) is 2.40. The predicted octanol–water partition coefficient (Wildman–Crippen LogP) is 1.92. The maximum atomic E-state index is 9.04. The Hall–Kier alpha value is -2.26. The maximum absolute atomic E-state index is 9.04. The molecule has 5 nitrogen and oxygen atoms in total. The van der Waals surface area contributed by atoms with Gasteiger partial charge in [0.15, 0.2) is 5.13 Å². The highest BCUT2D eigenvalue weighted by Crippen LogP contribution is 2.24. The van der Waals surface area contributed by atoms with Crippen LogP contribution in [-0.4, -0.2) is 31.2 Å². The van der Waals surface area contributed by atoms with Crippen LogP contribution in [0.25, 0.3) is 0 Å². The molecule has 0 saturated carbocycles. The van der Waals surface area contributed by atoms with Gasteiger partial charge in [-0.25, -0.2) is 4.98 Å². The van der Waals surface area contributed by atoms with E-state index in [1.54, 1.807) is 17.4 Å². The molecule has 0 aliphatic carbocycles. The molecule has 2 N–H and O–H groups in total. The highest BCUT2D eigenvalue weighted by Gasteiger charge is 2.19. The van der Waals surface area contributed by atoms with E-state index in [-0.39, 0.29) is 0 Å². The molecule has 2 heterocycles. The van der Waals surface area contributed by atoms with Crippen LogP contribution in [0.1, 0.15) is 5.56 Å². The predicted molar refractivity (Wildman–Crippen MR) is 82.1 cm³/mol. The van der Waals surface area contributed by atoms with Crippen LogP contribution in [0.3, 0.4) is 0 Å². The summed E-state index contributed by atoms with van der Waals surface area (Å²) in [4.78, 5) is 8.92. The van der Waals surface area contributed by atoms with Gasteiger partial charge in [0.2, 0.25) is 0 Å². The topological polar surface area (TPSA) is 69.2 Å². The number of hydrogen-bond donors (Lipinski definition) is 1. The number of thiazole rings is 1. The fourth-order valence-corrected chi connectivity index (χ4v) is 3.06. The molecule has 0 atom stereocenters. The Bertz CT molecular complexity index is 624. The van der Waals surface area contributed by atoms with Gasteiger partial charge in [0.1, 0.15) is 6.07 Å². The van der Waals surface area contributed by atoms with Crippen molar-refractivity contribution in [2.24, 2.45) is 0 Å². The number of aromatic nitrogens is 1. The molecule has 0 unspecified atom stereocenters. The van der Waals surface area contributed by atoms with Gasteiger partial charge in [0, 0.05) is 49.1 Å². The van der Waals surface area contributed by atoms with E-state index in [2.05, 4.69) is 20.9 Å². The Morgan fingerprint density at radius 3 is 2.60 bits per heavy atom. The minimum Gasteiger partial charge on any atom is -0.398 e. The monoisotopic (exact) mass is 285 g/mol. The second-order valence-corrected chi connectivity index (χ2v) is 5.55. The summed E-state index contributed by atoms with van der Waals surface area (Å²) in [5, 5.41) is 12.1. The van der Waals surface area contributed by atoms with Gasteiger partial charge in [0.05, 0.1) is 5.56 Å². The Labute approximate surface area is 121 Å². The lowest BCUT2D eigenvalue weighted by atomic mass is 10.1. The van der Waals surface area contributed by atoms with Crippen molar-refractivity contribution in [2.75, 3.05) is 41.7 Å². The molecule has 1 saturated heterocycles. The average molecular weight is 285 g/mol. The molecule has 1 aromatic heterocycles. The molecule has 1 aliphatic rings. The van der Waals surface area contributed by atoms with E-state index in [0.29, 0.717) is 11.3 Å². The van der Waals surface area contributed by atoms with E-state index < -0.39 is 0 Å². The van der Waals surface area contributed by atoms with Crippen LogP contribution < -0.4 is 15.5 Å². The van der Waals surface area contributed by atoms with Gasteiger partial charge in [-0.2, -0.15) is 5.26 Å². The van der Waals surface area contributed by atoms with Gasteiger partial charge in [0.25, 0.3) is 0 Å². The molecule has 2 aromatic rings. The number of nitriles is 1. The first-order chi connectivity index (χ1) is 9.78. The second-order valence-electron chi connectivity index (χ2n) is 4.67. The first kappa shape index (κ1) is 12.8. The normalized spacial score (nSPS) is 15.2. The van der Waals surface area contributed by atoms with Crippen LogP contribution in [0.15, 0.2) is 29.8 Å². The lowest BCUT2D eigenvalue weighted by Gasteiger charge is -2.36. The maximum Gasteiger partial charge on any atom is 0.185 e. The summed E-state index contributed by atoms with van der Waals surface area (Å²) >= 11 is 1.67. The van der Waals surface area contributed by atoms with Gasteiger partial charge in [-0.3, -0.25) is 0 Å². The number of benzene rings is 1. The van der Waals surface area contributed by atoms with Crippen molar-refractivity contribution in [2.45, 2.75) is 0 Å². The SMILES string of the molecule is N#Cc1cc(N2CCN(c3nccs3)CC2)ccc1N. The Morgan fingerprint density at radius 2 is 1.95 bits per heavy atom. The van der Waals surface area contributed by atoms with Crippen LogP contribution >= 0.6 is 11.3 Å². The third-order valence-electron chi connectivity index (χ3n) is 3.49. The van der Waals surface area contributed by atoms with E-state index in [4.69, 9.17) is 11.0 Å². The summed E-state index contributed by atoms with van der Waals surface area (Å²) in [6, 6.07) is 7.79. The molecule has 1 aliphatic heterocycles. The highest BCUT2D eigenvalue weighted by atomic mass is 32.1. The van der Waals surface area contributed by atoms with Crippen LogP contribution in [-0.2, 0) is 0 Å². The fraction of sp³-hybridized carbons (Fsp3) is 0.286. The Balaban J connectivity index is 1.71. The van der Waals surface area contributed by atoms with Crippen molar-refractivity contribution in [1.29, 1.82) is 5.26 Å². The molecule has 102 valence electrons. The Kier molecular flexibility index (Phi) is 3.44. The van der Waals surface area contributed by atoms with Crippen molar-refractivity contribution >= 4 is 27.8 Å². The minimum atomic E-state index is 0.540. The molecule has 3 rings (SSSR count). The van der Waals surface area contributed by atoms with Crippen molar-refractivity contribution in [3.05, 3.63) is 35.3 Å². The smallest absolute Gasteiger partial charge is 0.185 e. The fourth-order valence-electron chi connectivity index (χ4n) is 2.37. The van der Waals surface area contributed by atoms with Crippen molar-refractivity contribution < 1.29 is 0 Å². The highest BCUT2D eigenvalue weighted by molar-refractivity contribution is 7.13. The van der Waals surface area contributed by atoms with Crippen LogP contribution in [0.2, 0.25) is 0 Å². The van der Waals surface area contributed by atoms with Crippen molar-refractivity contribution in [1.82, 2.24) is 4.98 Å².